The average molecular weight is 678 g/mol. The minimum atomic E-state index is -0.611. The number of hydrogen-bond acceptors (Lipinski definition) is 8. The Bertz CT molecular complexity index is 1980. The smallest absolute Gasteiger partial charge is 0.410 e. The van der Waals surface area contributed by atoms with Crippen molar-refractivity contribution in [2.45, 2.75) is 58.3 Å². The monoisotopic (exact) mass is 677 g/mol. The number of piperidine rings is 1. The van der Waals surface area contributed by atoms with Gasteiger partial charge in [-0.15, -0.1) is 0 Å². The Morgan fingerprint density at radius 1 is 0.980 bits per heavy atom. The Hall–Kier alpha value is -5.23. The number of piperazine rings is 1. The van der Waals surface area contributed by atoms with Crippen molar-refractivity contribution in [1.29, 1.82) is 0 Å². The van der Waals surface area contributed by atoms with Crippen molar-refractivity contribution in [1.82, 2.24) is 34.8 Å². The van der Waals surface area contributed by atoms with Crippen molar-refractivity contribution in [3.8, 4) is 17.0 Å². The van der Waals surface area contributed by atoms with Gasteiger partial charge in [0.25, 0.3) is 11.8 Å². The number of aromatic hydroxyl groups is 1. The lowest BCUT2D eigenvalue weighted by molar-refractivity contribution is 0.0141. The second-order valence-electron chi connectivity index (χ2n) is 14.3. The molecular formula is C38H43N7O5. The molecule has 1 atom stereocenters. The molecule has 2 saturated heterocycles. The van der Waals surface area contributed by atoms with Crippen LogP contribution in [0.2, 0.25) is 0 Å². The molecule has 0 aliphatic carbocycles. The van der Waals surface area contributed by atoms with Crippen LogP contribution in [0.1, 0.15) is 83.7 Å². The highest BCUT2D eigenvalue weighted by Crippen LogP contribution is 2.33. The molecule has 50 heavy (non-hydrogen) atoms. The van der Waals surface area contributed by atoms with Gasteiger partial charge in [0.1, 0.15) is 17.5 Å². The molecule has 1 unspecified atom stereocenters. The highest BCUT2D eigenvalue weighted by atomic mass is 16.6. The van der Waals surface area contributed by atoms with Gasteiger partial charge in [-0.2, -0.15) is 5.10 Å². The summed E-state index contributed by atoms with van der Waals surface area (Å²) in [7, 11) is 1.80. The van der Waals surface area contributed by atoms with Gasteiger partial charge in [-0.25, -0.2) is 14.5 Å². The SMILES string of the molecule is CN1Cc2ccc(/C=C/c3nn(C4CCCCN4)c4nc(-c5ccc(O)cc5)cc(C(=O)N5CCN(C(=O)OC(C)(C)C)CC5)c34)cc2C1=O. The first kappa shape index (κ1) is 33.3. The minimum Gasteiger partial charge on any atom is -0.508 e. The summed E-state index contributed by atoms with van der Waals surface area (Å²) in [5.41, 5.74) is 4.90. The molecule has 0 bridgehead atoms. The number of fused-ring (bicyclic) bond motifs is 2. The molecule has 2 N–H and O–H groups in total. The zero-order valence-electron chi connectivity index (χ0n) is 29.0. The first-order chi connectivity index (χ1) is 23.9. The zero-order chi connectivity index (χ0) is 35.2. The lowest BCUT2D eigenvalue weighted by Gasteiger charge is -2.35. The maximum Gasteiger partial charge on any atom is 0.410 e. The predicted molar refractivity (Wildman–Crippen MR) is 190 cm³/mol. The molecule has 2 fully saturated rings. The van der Waals surface area contributed by atoms with E-state index in [0.29, 0.717) is 66.3 Å². The van der Waals surface area contributed by atoms with Crippen LogP contribution in [0.4, 0.5) is 4.79 Å². The van der Waals surface area contributed by atoms with E-state index in [-0.39, 0.29) is 29.8 Å². The molecular weight excluding hydrogens is 634 g/mol. The second kappa shape index (κ2) is 13.2. The Balaban J connectivity index is 1.31. The zero-order valence-corrected chi connectivity index (χ0v) is 29.0. The molecule has 0 saturated carbocycles. The molecule has 0 radical (unpaired) electrons. The van der Waals surface area contributed by atoms with Crippen molar-refractivity contribution in [2.24, 2.45) is 0 Å². The molecule has 260 valence electrons. The molecule has 2 aromatic heterocycles. The van der Waals surface area contributed by atoms with E-state index in [1.165, 1.54) is 0 Å². The number of hydrogen-bond donors (Lipinski definition) is 2. The largest absolute Gasteiger partial charge is 0.508 e. The number of nitrogens with zero attached hydrogens (tertiary/aromatic N) is 6. The number of phenolic OH excluding ortho intramolecular Hbond substituents is 1. The van der Waals surface area contributed by atoms with Crippen molar-refractivity contribution >= 4 is 41.1 Å². The molecule has 3 aliphatic rings. The van der Waals surface area contributed by atoms with Gasteiger partial charge >= 0.3 is 6.09 Å². The van der Waals surface area contributed by atoms with E-state index in [0.717, 1.165) is 42.5 Å². The van der Waals surface area contributed by atoms with E-state index in [1.807, 2.05) is 55.8 Å². The normalized spacial score (nSPS) is 18.3. The van der Waals surface area contributed by atoms with Crippen molar-refractivity contribution in [3.63, 3.8) is 0 Å². The lowest BCUT2D eigenvalue weighted by Crippen LogP contribution is -2.51. The molecule has 3 amide bonds. The van der Waals surface area contributed by atoms with Gasteiger partial charge in [-0.05, 0) is 100 Å². The quantitative estimate of drug-likeness (QED) is 0.282. The average Bonchev–Trinajstić information content (AvgIpc) is 3.62. The summed E-state index contributed by atoms with van der Waals surface area (Å²) in [5, 5.41) is 19.3. The number of ether oxygens (including phenoxy) is 1. The number of nitrogens with one attached hydrogen (secondary N) is 1. The summed E-state index contributed by atoms with van der Waals surface area (Å²) < 4.78 is 7.47. The molecule has 5 heterocycles. The number of benzene rings is 2. The summed E-state index contributed by atoms with van der Waals surface area (Å²) in [6.45, 7) is 8.34. The number of pyridine rings is 1. The molecule has 7 rings (SSSR count). The summed E-state index contributed by atoms with van der Waals surface area (Å²) >= 11 is 0. The molecule has 4 aromatic rings. The van der Waals surface area contributed by atoms with Crippen molar-refractivity contribution in [3.05, 3.63) is 76.5 Å². The van der Waals surface area contributed by atoms with E-state index < -0.39 is 5.60 Å². The summed E-state index contributed by atoms with van der Waals surface area (Å²) in [5.74, 6) is -0.0463. The van der Waals surface area contributed by atoms with Crippen LogP contribution in [0.3, 0.4) is 0 Å². The number of rotatable bonds is 5. The maximum atomic E-state index is 14.6. The van der Waals surface area contributed by atoms with E-state index in [9.17, 15) is 19.5 Å². The fraction of sp³-hybridized carbons (Fsp3) is 0.395. The van der Waals surface area contributed by atoms with E-state index in [2.05, 4.69) is 5.32 Å². The number of phenols is 1. The first-order valence-corrected chi connectivity index (χ1v) is 17.2. The van der Waals surface area contributed by atoms with Gasteiger partial charge in [0.2, 0.25) is 0 Å². The molecule has 12 nitrogen and oxygen atoms in total. The van der Waals surface area contributed by atoms with Crippen molar-refractivity contribution in [2.75, 3.05) is 39.8 Å². The van der Waals surface area contributed by atoms with Gasteiger partial charge in [0, 0.05) is 50.9 Å². The standard InChI is InChI=1S/C38H43N7O5/c1-38(2,3)50-37(49)44-19-17-43(18-20-44)36(48)29-22-31(25-11-13-27(46)14-12-25)40-34-33(29)30(41-45(34)32-7-5-6-16-39-32)15-9-24-8-10-26-23-42(4)35(47)28(26)21-24/h8-15,21-22,32,39,46H,5-7,16-20,23H2,1-4H3/b15-9+. The topological polar surface area (TPSA) is 133 Å². The number of aromatic nitrogens is 3. The third-order valence-electron chi connectivity index (χ3n) is 9.43. The van der Waals surface area contributed by atoms with Crippen LogP contribution < -0.4 is 5.32 Å². The van der Waals surface area contributed by atoms with Crippen LogP contribution in [0, 0.1) is 0 Å². The van der Waals surface area contributed by atoms with Crippen LogP contribution in [0.15, 0.2) is 48.5 Å². The van der Waals surface area contributed by atoms with Gasteiger partial charge < -0.3 is 24.5 Å². The molecule has 3 aliphatic heterocycles. The van der Waals surface area contributed by atoms with Crippen LogP contribution in [0.25, 0.3) is 34.4 Å². The summed E-state index contributed by atoms with van der Waals surface area (Å²) in [6, 6.07) is 14.4. The Kier molecular flexibility index (Phi) is 8.81. The van der Waals surface area contributed by atoms with Crippen molar-refractivity contribution < 1.29 is 24.2 Å². The Morgan fingerprint density at radius 3 is 2.42 bits per heavy atom. The summed E-state index contributed by atoms with van der Waals surface area (Å²) in [4.78, 5) is 50.3. The number of carbonyl (C=O) groups excluding carboxylic acids is 3. The highest BCUT2D eigenvalue weighted by Gasteiger charge is 2.31. The second-order valence-corrected chi connectivity index (χ2v) is 14.3. The molecule has 12 heteroatoms. The number of carbonyl (C=O) groups is 3. The van der Waals surface area contributed by atoms with Crippen LogP contribution in [0.5, 0.6) is 5.75 Å². The van der Waals surface area contributed by atoms with Gasteiger partial charge in [-0.3, -0.25) is 14.9 Å². The molecule has 0 spiro atoms. The van der Waals surface area contributed by atoms with E-state index >= 15 is 0 Å². The van der Waals surface area contributed by atoms with E-state index in [1.54, 1.807) is 52.1 Å². The Morgan fingerprint density at radius 2 is 1.72 bits per heavy atom. The minimum absolute atomic E-state index is 0.000963. The Labute approximate surface area is 291 Å². The van der Waals surface area contributed by atoms with E-state index in [4.69, 9.17) is 14.8 Å². The summed E-state index contributed by atoms with van der Waals surface area (Å²) in [6.07, 6.45) is 6.29. The maximum absolute atomic E-state index is 14.6. The third-order valence-corrected chi connectivity index (χ3v) is 9.43. The van der Waals surface area contributed by atoms with Crippen LogP contribution in [-0.4, -0.2) is 97.9 Å². The lowest BCUT2D eigenvalue weighted by atomic mass is 10.0. The van der Waals surface area contributed by atoms with Crippen LogP contribution in [-0.2, 0) is 11.3 Å². The fourth-order valence-electron chi connectivity index (χ4n) is 6.82. The highest BCUT2D eigenvalue weighted by molar-refractivity contribution is 6.09. The predicted octanol–water partition coefficient (Wildman–Crippen LogP) is 5.52. The number of amides is 3. The van der Waals surface area contributed by atoms with Gasteiger partial charge in [0.15, 0.2) is 5.65 Å². The van der Waals surface area contributed by atoms with Crippen LogP contribution >= 0.6 is 0 Å². The molecule has 2 aromatic carbocycles. The first-order valence-electron chi connectivity index (χ1n) is 17.2. The fourth-order valence-corrected chi connectivity index (χ4v) is 6.82. The third kappa shape index (κ3) is 6.67. The van der Waals surface area contributed by atoms with Gasteiger partial charge in [0.05, 0.1) is 22.3 Å². The van der Waals surface area contributed by atoms with Gasteiger partial charge in [-0.1, -0.05) is 18.2 Å².